The molecule has 0 spiro atoms. The molecule has 0 saturated heterocycles. The Labute approximate surface area is 163 Å². The first-order chi connectivity index (χ1) is 13.0. The van der Waals surface area contributed by atoms with E-state index in [0.29, 0.717) is 43.7 Å². The number of carboxylic acids is 1. The molecule has 154 valence electrons. The largest absolute Gasteiger partial charge is 0.490 e. The van der Waals surface area contributed by atoms with Crippen molar-refractivity contribution >= 4 is 5.97 Å². The van der Waals surface area contributed by atoms with Crippen molar-refractivity contribution in [1.82, 2.24) is 0 Å². The van der Waals surface area contributed by atoms with Gasteiger partial charge in [-0.2, -0.15) is 0 Å². The number of hydrogen-bond donors (Lipinski definition) is 2. The number of aryl methyl sites for hydroxylation is 1. The maximum absolute atomic E-state index is 11.1. The second-order valence-electron chi connectivity index (χ2n) is 6.68. The topological polar surface area (TPSA) is 91.0 Å². The lowest BCUT2D eigenvalue weighted by Gasteiger charge is -2.19. The van der Waals surface area contributed by atoms with Crippen molar-refractivity contribution in [3.63, 3.8) is 0 Å². The fraction of sp³-hybridized carbons (Fsp3) is 0.667. The van der Waals surface area contributed by atoms with E-state index in [4.69, 9.17) is 25.1 Å². The van der Waals surface area contributed by atoms with E-state index in [-0.39, 0.29) is 6.54 Å². The van der Waals surface area contributed by atoms with E-state index in [1.54, 1.807) is 0 Å². The minimum absolute atomic E-state index is 0.185. The summed E-state index contributed by atoms with van der Waals surface area (Å²) in [5, 5.41) is 9.15. The summed E-state index contributed by atoms with van der Waals surface area (Å²) in [6.45, 7) is 9.76. The average Bonchev–Trinajstić information content (AvgIpc) is 2.63. The van der Waals surface area contributed by atoms with Gasteiger partial charge in [0.1, 0.15) is 0 Å². The summed E-state index contributed by atoms with van der Waals surface area (Å²) < 4.78 is 17.4. The van der Waals surface area contributed by atoms with Crippen LogP contribution in [0.4, 0.5) is 0 Å². The van der Waals surface area contributed by atoms with Crippen LogP contribution in [0.5, 0.6) is 17.2 Å². The lowest BCUT2D eigenvalue weighted by atomic mass is 9.91. The van der Waals surface area contributed by atoms with Gasteiger partial charge in [0.05, 0.1) is 25.7 Å². The van der Waals surface area contributed by atoms with Gasteiger partial charge in [0.2, 0.25) is 5.75 Å². The maximum atomic E-state index is 11.1. The van der Waals surface area contributed by atoms with Crippen LogP contribution < -0.4 is 19.9 Å². The molecule has 1 aromatic carbocycles. The Balaban J connectivity index is 2.81. The highest BCUT2D eigenvalue weighted by Crippen LogP contribution is 2.41. The van der Waals surface area contributed by atoms with Gasteiger partial charge in [0, 0.05) is 6.54 Å². The Morgan fingerprint density at radius 2 is 1.70 bits per heavy atom. The summed E-state index contributed by atoms with van der Waals surface area (Å²) in [5.41, 5.74) is 6.64. The van der Waals surface area contributed by atoms with Crippen LogP contribution in [0.2, 0.25) is 0 Å². The second kappa shape index (κ2) is 12.4. The molecule has 2 atom stereocenters. The minimum atomic E-state index is -0.809. The first kappa shape index (κ1) is 23.1. The van der Waals surface area contributed by atoms with Crippen molar-refractivity contribution in [2.45, 2.75) is 53.4 Å². The highest BCUT2D eigenvalue weighted by atomic mass is 16.5. The molecule has 0 heterocycles. The van der Waals surface area contributed by atoms with Crippen LogP contribution in [0.1, 0.15) is 52.5 Å². The molecule has 0 aliphatic heterocycles. The number of ether oxygens (including phenoxy) is 3. The molecule has 1 rings (SSSR count). The van der Waals surface area contributed by atoms with E-state index in [9.17, 15) is 4.79 Å². The first-order valence-electron chi connectivity index (χ1n) is 9.95. The molecule has 0 saturated carbocycles. The fourth-order valence-corrected chi connectivity index (χ4v) is 3.18. The lowest BCUT2D eigenvalue weighted by molar-refractivity contribution is -0.141. The monoisotopic (exact) mass is 381 g/mol. The number of carbonyl (C=O) groups is 1. The van der Waals surface area contributed by atoms with E-state index in [0.717, 1.165) is 30.6 Å². The predicted molar refractivity (Wildman–Crippen MR) is 107 cm³/mol. The molecule has 0 aromatic heterocycles. The Morgan fingerprint density at radius 1 is 1.07 bits per heavy atom. The molecule has 3 N–H and O–H groups in total. The van der Waals surface area contributed by atoms with Gasteiger partial charge in [-0.05, 0) is 57.6 Å². The third-order valence-electron chi connectivity index (χ3n) is 4.50. The van der Waals surface area contributed by atoms with E-state index in [1.807, 2.05) is 32.9 Å². The SMILES string of the molecule is CCOc1ccc(CCCC(C)CC(CN)C(=O)O)c(OCC)c1OCC. The standard InChI is InChI=1S/C21H35NO5/c1-5-25-18-12-11-16(19(26-6-2)20(18)27-7-3)10-8-9-15(4)13-17(14-22)21(23)24/h11-12,15,17H,5-10,13-14,22H2,1-4H3,(H,23,24). The second-order valence-corrected chi connectivity index (χ2v) is 6.68. The Kier molecular flexibility index (Phi) is 10.6. The smallest absolute Gasteiger partial charge is 0.307 e. The van der Waals surface area contributed by atoms with Gasteiger partial charge in [0.25, 0.3) is 0 Å². The Morgan fingerprint density at radius 3 is 2.26 bits per heavy atom. The summed E-state index contributed by atoms with van der Waals surface area (Å²) in [4.78, 5) is 11.1. The molecule has 0 bridgehead atoms. The predicted octanol–water partition coefficient (Wildman–Crippen LogP) is 3.89. The highest BCUT2D eigenvalue weighted by Gasteiger charge is 2.20. The van der Waals surface area contributed by atoms with Gasteiger partial charge in [0.15, 0.2) is 11.5 Å². The van der Waals surface area contributed by atoms with E-state index >= 15 is 0 Å². The number of benzene rings is 1. The van der Waals surface area contributed by atoms with Gasteiger partial charge < -0.3 is 25.1 Å². The quantitative estimate of drug-likeness (QED) is 0.508. The molecular weight excluding hydrogens is 346 g/mol. The minimum Gasteiger partial charge on any atom is -0.490 e. The highest BCUT2D eigenvalue weighted by molar-refractivity contribution is 5.70. The molecule has 0 aliphatic rings. The summed E-state index contributed by atoms with van der Waals surface area (Å²) in [6.07, 6.45) is 3.33. The molecule has 0 fully saturated rings. The van der Waals surface area contributed by atoms with Crippen molar-refractivity contribution in [2.24, 2.45) is 17.6 Å². The zero-order chi connectivity index (χ0) is 20.2. The van der Waals surface area contributed by atoms with Crippen molar-refractivity contribution in [1.29, 1.82) is 0 Å². The summed E-state index contributed by atoms with van der Waals surface area (Å²) in [6, 6.07) is 3.97. The maximum Gasteiger partial charge on any atom is 0.307 e. The molecular formula is C21H35NO5. The van der Waals surface area contributed by atoms with E-state index in [1.165, 1.54) is 0 Å². The molecule has 6 heteroatoms. The van der Waals surface area contributed by atoms with E-state index < -0.39 is 11.9 Å². The lowest BCUT2D eigenvalue weighted by Crippen LogP contribution is -2.25. The van der Waals surface area contributed by atoms with Crippen molar-refractivity contribution < 1.29 is 24.1 Å². The molecule has 0 aliphatic carbocycles. The zero-order valence-electron chi connectivity index (χ0n) is 17.1. The van der Waals surface area contributed by atoms with Gasteiger partial charge in [-0.15, -0.1) is 0 Å². The number of rotatable bonds is 14. The Bertz CT molecular complexity index is 576. The molecule has 0 radical (unpaired) electrons. The van der Waals surface area contributed by atoms with Crippen molar-refractivity contribution in [2.75, 3.05) is 26.4 Å². The zero-order valence-corrected chi connectivity index (χ0v) is 17.1. The molecule has 2 unspecified atom stereocenters. The number of nitrogens with two attached hydrogens (primary N) is 1. The average molecular weight is 382 g/mol. The molecule has 6 nitrogen and oxygen atoms in total. The molecule has 1 aromatic rings. The third-order valence-corrected chi connectivity index (χ3v) is 4.50. The van der Waals surface area contributed by atoms with Crippen LogP contribution in [-0.4, -0.2) is 37.4 Å². The van der Waals surface area contributed by atoms with Crippen LogP contribution in [0.25, 0.3) is 0 Å². The summed E-state index contributed by atoms with van der Waals surface area (Å²) in [7, 11) is 0. The number of carboxylic acid groups (broad SMARTS) is 1. The normalized spacial score (nSPS) is 13.1. The third kappa shape index (κ3) is 7.29. The first-order valence-corrected chi connectivity index (χ1v) is 9.95. The van der Waals surface area contributed by atoms with Gasteiger partial charge in [-0.25, -0.2) is 0 Å². The number of aliphatic carboxylic acids is 1. The van der Waals surface area contributed by atoms with Gasteiger partial charge in [-0.3, -0.25) is 4.79 Å². The molecule has 0 amide bonds. The van der Waals surface area contributed by atoms with Crippen LogP contribution in [-0.2, 0) is 11.2 Å². The van der Waals surface area contributed by atoms with Crippen LogP contribution in [0.3, 0.4) is 0 Å². The van der Waals surface area contributed by atoms with Crippen LogP contribution in [0, 0.1) is 11.8 Å². The van der Waals surface area contributed by atoms with Gasteiger partial charge >= 0.3 is 5.97 Å². The van der Waals surface area contributed by atoms with Crippen molar-refractivity contribution in [3.05, 3.63) is 17.7 Å². The molecule has 27 heavy (non-hydrogen) atoms. The fourth-order valence-electron chi connectivity index (χ4n) is 3.18. The van der Waals surface area contributed by atoms with Crippen LogP contribution >= 0.6 is 0 Å². The number of hydrogen-bond acceptors (Lipinski definition) is 5. The summed E-state index contributed by atoms with van der Waals surface area (Å²) in [5.74, 6) is 1.15. The van der Waals surface area contributed by atoms with Crippen LogP contribution in [0.15, 0.2) is 12.1 Å². The van der Waals surface area contributed by atoms with Gasteiger partial charge in [-0.1, -0.05) is 19.4 Å². The van der Waals surface area contributed by atoms with Crippen molar-refractivity contribution in [3.8, 4) is 17.2 Å². The summed E-state index contributed by atoms with van der Waals surface area (Å²) >= 11 is 0. The Hall–Kier alpha value is -1.95. The van der Waals surface area contributed by atoms with E-state index in [2.05, 4.69) is 6.92 Å².